The van der Waals surface area contributed by atoms with Gasteiger partial charge in [-0.05, 0) is 49.7 Å². The first-order chi connectivity index (χ1) is 12.4. The van der Waals surface area contributed by atoms with Crippen LogP contribution in [0.1, 0.15) is 17.0 Å². The van der Waals surface area contributed by atoms with Gasteiger partial charge in [-0.15, -0.1) is 0 Å². The van der Waals surface area contributed by atoms with Crippen molar-refractivity contribution in [2.45, 2.75) is 13.8 Å². The maximum Gasteiger partial charge on any atom is 0.227 e. The van der Waals surface area contributed by atoms with Crippen molar-refractivity contribution in [3.63, 3.8) is 0 Å². The Balaban J connectivity index is 1.94. The van der Waals surface area contributed by atoms with Crippen molar-refractivity contribution in [3.8, 4) is 17.3 Å². The summed E-state index contributed by atoms with van der Waals surface area (Å²) < 4.78 is 1.90. The van der Waals surface area contributed by atoms with Crippen molar-refractivity contribution in [1.82, 2.24) is 14.5 Å². The maximum atomic E-state index is 9.38. The highest BCUT2D eigenvalue weighted by atomic mass is 15.1. The van der Waals surface area contributed by atoms with Crippen LogP contribution in [0.15, 0.2) is 36.5 Å². The third kappa shape index (κ3) is 3.11. The van der Waals surface area contributed by atoms with Crippen molar-refractivity contribution in [2.75, 3.05) is 24.3 Å². The topological polar surface area (TPSA) is 69.8 Å². The van der Waals surface area contributed by atoms with Crippen LogP contribution < -0.4 is 10.2 Å². The van der Waals surface area contributed by atoms with Crippen LogP contribution in [0.4, 0.5) is 17.3 Å². The molecule has 0 aliphatic rings. The number of hydrogen-bond donors (Lipinski definition) is 1. The Kier molecular flexibility index (Phi) is 4.63. The lowest BCUT2D eigenvalue weighted by Crippen LogP contribution is -2.08. The molecule has 0 unspecified atom stereocenters. The van der Waals surface area contributed by atoms with Gasteiger partial charge in [0.15, 0.2) is 0 Å². The molecule has 0 radical (unpaired) electrons. The largest absolute Gasteiger partial charge is 0.378 e. The van der Waals surface area contributed by atoms with Crippen LogP contribution in [-0.2, 0) is 7.05 Å². The molecule has 0 atom stereocenters. The van der Waals surface area contributed by atoms with Crippen molar-refractivity contribution in [1.29, 1.82) is 5.26 Å². The fourth-order valence-corrected chi connectivity index (χ4v) is 3.04. The first kappa shape index (κ1) is 17.5. The minimum atomic E-state index is 0.529. The second-order valence-corrected chi connectivity index (χ2v) is 6.44. The number of nitriles is 1. The molecule has 3 rings (SSSR count). The van der Waals surface area contributed by atoms with E-state index in [1.807, 2.05) is 69.9 Å². The van der Waals surface area contributed by atoms with Crippen LogP contribution >= 0.6 is 0 Å². The quantitative estimate of drug-likeness (QED) is 0.778. The van der Waals surface area contributed by atoms with Crippen LogP contribution in [0, 0.1) is 25.2 Å². The summed E-state index contributed by atoms with van der Waals surface area (Å²) in [6.07, 6.45) is 1.73. The molecule has 0 aliphatic carbocycles. The lowest BCUT2D eigenvalue weighted by atomic mass is 10.1. The van der Waals surface area contributed by atoms with Gasteiger partial charge in [-0.1, -0.05) is 0 Å². The van der Waals surface area contributed by atoms with Crippen LogP contribution in [0.25, 0.3) is 11.3 Å². The molecule has 6 heteroatoms. The fraction of sp³-hybridized carbons (Fsp3) is 0.250. The Labute approximate surface area is 153 Å². The summed E-state index contributed by atoms with van der Waals surface area (Å²) in [7, 11) is 5.92. The van der Waals surface area contributed by atoms with E-state index in [2.05, 4.69) is 26.3 Å². The monoisotopic (exact) mass is 346 g/mol. The van der Waals surface area contributed by atoms with Gasteiger partial charge in [0.25, 0.3) is 0 Å². The highest BCUT2D eigenvalue weighted by molar-refractivity contribution is 5.71. The first-order valence-electron chi connectivity index (χ1n) is 8.36. The Morgan fingerprint density at radius 3 is 2.38 bits per heavy atom. The highest BCUT2D eigenvalue weighted by Crippen LogP contribution is 2.30. The number of anilines is 3. The molecule has 0 aliphatic heterocycles. The third-order valence-corrected chi connectivity index (χ3v) is 4.59. The summed E-state index contributed by atoms with van der Waals surface area (Å²) in [5.74, 6) is 0.529. The van der Waals surface area contributed by atoms with Gasteiger partial charge in [-0.3, -0.25) is 0 Å². The molecule has 2 aromatic heterocycles. The molecular formula is C20H22N6. The Morgan fingerprint density at radius 1 is 1.12 bits per heavy atom. The number of nitrogens with one attached hydrogen (secondary N) is 1. The molecule has 26 heavy (non-hydrogen) atoms. The van der Waals surface area contributed by atoms with E-state index in [0.29, 0.717) is 11.6 Å². The molecule has 0 amide bonds. The van der Waals surface area contributed by atoms with E-state index in [0.717, 1.165) is 33.9 Å². The zero-order valence-electron chi connectivity index (χ0n) is 15.7. The van der Waals surface area contributed by atoms with E-state index in [4.69, 9.17) is 0 Å². The Hall–Kier alpha value is -3.33. The van der Waals surface area contributed by atoms with Gasteiger partial charge < -0.3 is 14.8 Å². The summed E-state index contributed by atoms with van der Waals surface area (Å²) in [5.41, 5.74) is 6.45. The van der Waals surface area contributed by atoms with Crippen molar-refractivity contribution in [2.24, 2.45) is 7.05 Å². The normalized spacial score (nSPS) is 10.5. The third-order valence-electron chi connectivity index (χ3n) is 4.59. The summed E-state index contributed by atoms with van der Waals surface area (Å²) >= 11 is 0. The molecule has 0 saturated heterocycles. The zero-order valence-corrected chi connectivity index (χ0v) is 15.7. The minimum absolute atomic E-state index is 0.529. The lowest BCUT2D eigenvalue weighted by molar-refractivity contribution is 0.864. The van der Waals surface area contributed by atoms with Crippen LogP contribution in [0.3, 0.4) is 0 Å². The molecule has 0 saturated carbocycles. The number of rotatable bonds is 4. The smallest absolute Gasteiger partial charge is 0.227 e. The van der Waals surface area contributed by atoms with Crippen LogP contribution in [0.5, 0.6) is 0 Å². The molecule has 3 aromatic rings. The number of benzene rings is 1. The zero-order chi connectivity index (χ0) is 18.8. The molecular weight excluding hydrogens is 324 g/mol. The minimum Gasteiger partial charge on any atom is -0.378 e. The molecule has 1 N–H and O–H groups in total. The van der Waals surface area contributed by atoms with Crippen LogP contribution in [-0.4, -0.2) is 28.6 Å². The van der Waals surface area contributed by atoms with Gasteiger partial charge in [-0.25, -0.2) is 9.97 Å². The van der Waals surface area contributed by atoms with E-state index >= 15 is 0 Å². The van der Waals surface area contributed by atoms with Crippen molar-refractivity contribution in [3.05, 3.63) is 53.5 Å². The summed E-state index contributed by atoms with van der Waals surface area (Å²) in [6, 6.07) is 12.2. The predicted octanol–water partition coefficient (Wildman–Crippen LogP) is 3.78. The van der Waals surface area contributed by atoms with E-state index in [9.17, 15) is 5.26 Å². The van der Waals surface area contributed by atoms with Gasteiger partial charge in [-0.2, -0.15) is 5.26 Å². The Morgan fingerprint density at radius 2 is 1.81 bits per heavy atom. The highest BCUT2D eigenvalue weighted by Gasteiger charge is 2.17. The number of aromatic nitrogens is 3. The second kappa shape index (κ2) is 6.89. The summed E-state index contributed by atoms with van der Waals surface area (Å²) in [4.78, 5) is 11.0. The van der Waals surface area contributed by atoms with E-state index in [-0.39, 0.29) is 0 Å². The molecule has 132 valence electrons. The summed E-state index contributed by atoms with van der Waals surface area (Å²) in [5, 5.41) is 12.6. The van der Waals surface area contributed by atoms with Crippen molar-refractivity contribution >= 4 is 17.3 Å². The van der Waals surface area contributed by atoms with E-state index < -0.39 is 0 Å². The first-order valence-corrected chi connectivity index (χ1v) is 8.36. The average molecular weight is 346 g/mol. The maximum absolute atomic E-state index is 9.38. The van der Waals surface area contributed by atoms with Gasteiger partial charge in [0.2, 0.25) is 5.95 Å². The van der Waals surface area contributed by atoms with Crippen LogP contribution in [0.2, 0.25) is 0 Å². The SMILES string of the molecule is Cc1c(-c2ccnc(Nc3ccc(N(C)C)cc3)n2)c(C)n(C)c1C#N. The van der Waals surface area contributed by atoms with Gasteiger partial charge >= 0.3 is 0 Å². The van der Waals surface area contributed by atoms with E-state index in [1.54, 1.807) is 6.20 Å². The average Bonchev–Trinajstić information content (AvgIpc) is 2.84. The molecule has 6 nitrogen and oxygen atoms in total. The molecule has 1 aromatic carbocycles. The van der Waals surface area contributed by atoms with Gasteiger partial charge in [0, 0.05) is 50.0 Å². The molecule has 0 bridgehead atoms. The number of nitrogens with zero attached hydrogens (tertiary/aromatic N) is 5. The summed E-state index contributed by atoms with van der Waals surface area (Å²) in [6.45, 7) is 3.95. The van der Waals surface area contributed by atoms with Gasteiger partial charge in [0.05, 0.1) is 5.69 Å². The number of hydrogen-bond acceptors (Lipinski definition) is 5. The molecule has 0 fully saturated rings. The lowest BCUT2D eigenvalue weighted by Gasteiger charge is -2.13. The van der Waals surface area contributed by atoms with E-state index in [1.165, 1.54) is 0 Å². The fourth-order valence-electron chi connectivity index (χ4n) is 3.04. The molecule has 0 spiro atoms. The van der Waals surface area contributed by atoms with Crippen molar-refractivity contribution < 1.29 is 0 Å². The Bertz CT molecular complexity index is 977. The predicted molar refractivity (Wildman–Crippen MR) is 105 cm³/mol. The molecule has 2 heterocycles. The standard InChI is InChI=1S/C20H22N6/c1-13-18(12-21)26(5)14(2)19(13)17-10-11-22-20(24-17)23-15-6-8-16(9-7-15)25(3)4/h6-11H,1-5H3,(H,22,23,24). The second-order valence-electron chi connectivity index (χ2n) is 6.44. The van der Waals surface area contributed by atoms with Gasteiger partial charge in [0.1, 0.15) is 11.8 Å².